The number of aromatic nitrogens is 2. The molecule has 0 spiro atoms. The minimum absolute atomic E-state index is 0.0648. The lowest BCUT2D eigenvalue weighted by Crippen LogP contribution is -2.41. The summed E-state index contributed by atoms with van der Waals surface area (Å²) in [6.45, 7) is 3.07. The number of benzene rings is 1. The van der Waals surface area contributed by atoms with Gasteiger partial charge in [-0.25, -0.2) is 9.97 Å². The Kier molecular flexibility index (Phi) is 4.83. The average molecular weight is 312 g/mol. The van der Waals surface area contributed by atoms with Crippen LogP contribution in [-0.2, 0) is 11.3 Å². The summed E-state index contributed by atoms with van der Waals surface area (Å²) in [4.78, 5) is 24.9. The zero-order valence-electron chi connectivity index (χ0n) is 13.2. The highest BCUT2D eigenvalue weighted by Crippen LogP contribution is 2.12. The van der Waals surface area contributed by atoms with Crippen LogP contribution in [0.15, 0.2) is 42.6 Å². The van der Waals surface area contributed by atoms with E-state index in [1.54, 1.807) is 17.2 Å². The first-order valence-corrected chi connectivity index (χ1v) is 7.69. The van der Waals surface area contributed by atoms with Gasteiger partial charge >= 0.3 is 0 Å². The van der Waals surface area contributed by atoms with Crippen LogP contribution in [0.1, 0.15) is 16.1 Å². The maximum absolute atomic E-state index is 12.5. The molecular weight excluding hydrogens is 292 g/mol. The van der Waals surface area contributed by atoms with Gasteiger partial charge in [0, 0.05) is 32.9 Å². The topological polar surface area (TPSA) is 58.6 Å². The van der Waals surface area contributed by atoms with Crippen LogP contribution in [0, 0.1) is 0 Å². The van der Waals surface area contributed by atoms with Crippen molar-refractivity contribution in [1.29, 1.82) is 0 Å². The van der Waals surface area contributed by atoms with E-state index in [0.29, 0.717) is 44.5 Å². The predicted octanol–water partition coefficient (Wildman–Crippen LogP) is 1.59. The van der Waals surface area contributed by atoms with Gasteiger partial charge in [0.15, 0.2) is 0 Å². The molecule has 1 fully saturated rings. The molecule has 1 amide bonds. The fourth-order valence-corrected chi connectivity index (χ4v) is 2.51. The van der Waals surface area contributed by atoms with Gasteiger partial charge < -0.3 is 14.5 Å². The molecule has 23 heavy (non-hydrogen) atoms. The van der Waals surface area contributed by atoms with Gasteiger partial charge in [0.05, 0.1) is 13.2 Å². The Bertz CT molecular complexity index is 657. The van der Waals surface area contributed by atoms with Gasteiger partial charge in [-0.3, -0.25) is 4.79 Å². The van der Waals surface area contributed by atoms with Gasteiger partial charge in [-0.1, -0.05) is 30.3 Å². The maximum atomic E-state index is 12.5. The SMILES string of the molecule is CN(Cc1ccccc1)c1nccc(C(=O)N2CCOCC2)n1. The molecule has 0 N–H and O–H groups in total. The van der Waals surface area contributed by atoms with Crippen molar-refractivity contribution in [1.82, 2.24) is 14.9 Å². The van der Waals surface area contributed by atoms with Crippen LogP contribution in [0.25, 0.3) is 0 Å². The van der Waals surface area contributed by atoms with Gasteiger partial charge in [-0.2, -0.15) is 0 Å². The van der Waals surface area contributed by atoms with Gasteiger partial charge in [0.25, 0.3) is 5.91 Å². The van der Waals surface area contributed by atoms with E-state index in [1.807, 2.05) is 30.1 Å². The van der Waals surface area contributed by atoms with E-state index in [2.05, 4.69) is 22.1 Å². The summed E-state index contributed by atoms with van der Waals surface area (Å²) >= 11 is 0. The number of morpholine rings is 1. The summed E-state index contributed by atoms with van der Waals surface area (Å²) in [5.74, 6) is 0.484. The molecule has 0 bridgehead atoms. The molecule has 2 aromatic rings. The summed E-state index contributed by atoms with van der Waals surface area (Å²) in [7, 11) is 1.92. The van der Waals surface area contributed by atoms with Gasteiger partial charge in [0.2, 0.25) is 5.95 Å². The lowest BCUT2D eigenvalue weighted by Gasteiger charge is -2.26. The number of nitrogens with zero attached hydrogens (tertiary/aromatic N) is 4. The number of carbonyl (C=O) groups excluding carboxylic acids is 1. The van der Waals surface area contributed by atoms with Gasteiger partial charge in [-0.05, 0) is 11.6 Å². The second-order valence-electron chi connectivity index (χ2n) is 5.49. The fourth-order valence-electron chi connectivity index (χ4n) is 2.51. The number of amides is 1. The number of carbonyl (C=O) groups is 1. The minimum atomic E-state index is -0.0648. The van der Waals surface area contributed by atoms with Crippen LogP contribution in [0.5, 0.6) is 0 Å². The lowest BCUT2D eigenvalue weighted by molar-refractivity contribution is 0.0299. The van der Waals surface area contributed by atoms with Crippen molar-refractivity contribution in [3.05, 3.63) is 53.9 Å². The van der Waals surface area contributed by atoms with Crippen molar-refractivity contribution in [2.75, 3.05) is 38.3 Å². The van der Waals surface area contributed by atoms with Crippen molar-refractivity contribution in [2.24, 2.45) is 0 Å². The first kappa shape index (κ1) is 15.4. The minimum Gasteiger partial charge on any atom is -0.378 e. The Hall–Kier alpha value is -2.47. The summed E-state index contributed by atoms with van der Waals surface area (Å²) in [6.07, 6.45) is 1.64. The van der Waals surface area contributed by atoms with Crippen LogP contribution in [-0.4, -0.2) is 54.1 Å². The summed E-state index contributed by atoms with van der Waals surface area (Å²) in [6, 6.07) is 11.8. The van der Waals surface area contributed by atoms with E-state index in [4.69, 9.17) is 4.74 Å². The number of ether oxygens (including phenoxy) is 1. The van der Waals surface area contributed by atoms with Crippen LogP contribution < -0.4 is 4.90 Å². The predicted molar refractivity (Wildman–Crippen MR) is 87.3 cm³/mol. The number of hydrogen-bond donors (Lipinski definition) is 0. The standard InChI is InChI=1S/C17H20N4O2/c1-20(13-14-5-3-2-4-6-14)17-18-8-7-15(19-17)16(22)21-9-11-23-12-10-21/h2-8H,9-13H2,1H3. The first-order chi connectivity index (χ1) is 11.2. The van der Waals surface area contributed by atoms with Crippen molar-refractivity contribution >= 4 is 11.9 Å². The Labute approximate surface area is 135 Å². The second kappa shape index (κ2) is 7.19. The number of anilines is 1. The van der Waals surface area contributed by atoms with Crippen LogP contribution in [0.2, 0.25) is 0 Å². The Morgan fingerprint density at radius 2 is 1.96 bits per heavy atom. The average Bonchev–Trinajstić information content (AvgIpc) is 2.63. The van der Waals surface area contributed by atoms with E-state index in [1.165, 1.54) is 5.56 Å². The van der Waals surface area contributed by atoms with Crippen LogP contribution >= 0.6 is 0 Å². The third-order valence-electron chi connectivity index (χ3n) is 3.76. The lowest BCUT2D eigenvalue weighted by atomic mass is 10.2. The second-order valence-corrected chi connectivity index (χ2v) is 5.49. The summed E-state index contributed by atoms with van der Waals surface area (Å²) in [5.41, 5.74) is 1.60. The van der Waals surface area contributed by atoms with Gasteiger partial charge in [-0.15, -0.1) is 0 Å². The van der Waals surface area contributed by atoms with Crippen LogP contribution in [0.3, 0.4) is 0 Å². The Morgan fingerprint density at radius 1 is 1.22 bits per heavy atom. The molecule has 1 aliphatic rings. The molecule has 1 aromatic carbocycles. The molecule has 1 aliphatic heterocycles. The normalized spacial score (nSPS) is 14.6. The van der Waals surface area contributed by atoms with Crippen LogP contribution in [0.4, 0.5) is 5.95 Å². The third-order valence-corrected chi connectivity index (χ3v) is 3.76. The molecule has 6 heteroatoms. The molecule has 120 valence electrons. The summed E-state index contributed by atoms with van der Waals surface area (Å²) in [5, 5.41) is 0. The summed E-state index contributed by atoms with van der Waals surface area (Å²) < 4.78 is 5.28. The maximum Gasteiger partial charge on any atom is 0.272 e. The fraction of sp³-hybridized carbons (Fsp3) is 0.353. The van der Waals surface area contributed by atoms with E-state index < -0.39 is 0 Å². The number of hydrogen-bond acceptors (Lipinski definition) is 5. The first-order valence-electron chi connectivity index (χ1n) is 7.69. The molecule has 0 aliphatic carbocycles. The molecule has 2 heterocycles. The zero-order chi connectivity index (χ0) is 16.1. The highest BCUT2D eigenvalue weighted by Gasteiger charge is 2.20. The van der Waals surface area contributed by atoms with E-state index in [-0.39, 0.29) is 5.91 Å². The third kappa shape index (κ3) is 3.84. The van der Waals surface area contributed by atoms with Crippen molar-refractivity contribution < 1.29 is 9.53 Å². The van der Waals surface area contributed by atoms with Gasteiger partial charge in [0.1, 0.15) is 5.69 Å². The van der Waals surface area contributed by atoms with E-state index in [9.17, 15) is 4.79 Å². The molecule has 1 aromatic heterocycles. The molecular formula is C17H20N4O2. The molecule has 6 nitrogen and oxygen atoms in total. The quantitative estimate of drug-likeness (QED) is 0.858. The molecule has 3 rings (SSSR count). The largest absolute Gasteiger partial charge is 0.378 e. The van der Waals surface area contributed by atoms with E-state index >= 15 is 0 Å². The van der Waals surface area contributed by atoms with Crippen molar-refractivity contribution in [3.63, 3.8) is 0 Å². The molecule has 0 atom stereocenters. The Balaban J connectivity index is 1.72. The van der Waals surface area contributed by atoms with Crippen molar-refractivity contribution in [3.8, 4) is 0 Å². The molecule has 0 saturated carbocycles. The Morgan fingerprint density at radius 3 is 2.70 bits per heavy atom. The van der Waals surface area contributed by atoms with E-state index in [0.717, 1.165) is 0 Å². The monoisotopic (exact) mass is 312 g/mol. The smallest absolute Gasteiger partial charge is 0.272 e. The molecule has 0 unspecified atom stereocenters. The highest BCUT2D eigenvalue weighted by molar-refractivity contribution is 5.92. The van der Waals surface area contributed by atoms with Crippen molar-refractivity contribution in [2.45, 2.75) is 6.54 Å². The molecule has 0 radical (unpaired) electrons. The molecule has 1 saturated heterocycles. The number of rotatable bonds is 4. The zero-order valence-corrected chi connectivity index (χ0v) is 13.2. The highest BCUT2D eigenvalue weighted by atomic mass is 16.5.